The van der Waals surface area contributed by atoms with Crippen LogP contribution in [0.4, 0.5) is 0 Å². The van der Waals surface area contributed by atoms with Gasteiger partial charge in [-0.3, -0.25) is 19.2 Å². The van der Waals surface area contributed by atoms with Gasteiger partial charge in [-0.15, -0.1) is 0 Å². The molecule has 0 unspecified atom stereocenters. The van der Waals surface area contributed by atoms with Crippen LogP contribution < -0.4 is 0 Å². The first-order chi connectivity index (χ1) is 21.0. The second kappa shape index (κ2) is 22.1. The maximum atomic E-state index is 12.3. The van der Waals surface area contributed by atoms with Crippen molar-refractivity contribution < 1.29 is 28.7 Å². The molecular weight excluding hydrogens is 552 g/mol. The predicted molar refractivity (Wildman–Crippen MR) is 180 cm³/mol. The highest BCUT2D eigenvalue weighted by Crippen LogP contribution is 2.29. The van der Waals surface area contributed by atoms with Gasteiger partial charge < -0.3 is 9.47 Å². The van der Waals surface area contributed by atoms with Gasteiger partial charge >= 0.3 is 0 Å². The van der Waals surface area contributed by atoms with E-state index in [4.69, 9.17) is 9.47 Å². The van der Waals surface area contributed by atoms with E-state index in [0.717, 1.165) is 75.7 Å². The summed E-state index contributed by atoms with van der Waals surface area (Å²) in [6.07, 6.45) is 17.9. The van der Waals surface area contributed by atoms with Crippen LogP contribution in [-0.4, -0.2) is 50.6 Å². The van der Waals surface area contributed by atoms with Crippen LogP contribution in [0, 0.1) is 0 Å². The summed E-state index contributed by atoms with van der Waals surface area (Å²) in [5.41, 5.74) is 5.29. The van der Waals surface area contributed by atoms with Crippen LogP contribution in [0.3, 0.4) is 0 Å². The lowest BCUT2D eigenvalue weighted by atomic mass is 9.84. The van der Waals surface area contributed by atoms with Gasteiger partial charge in [-0.25, -0.2) is 0 Å². The molecule has 0 atom stereocenters. The van der Waals surface area contributed by atoms with Crippen molar-refractivity contribution in [1.82, 2.24) is 0 Å². The fourth-order valence-corrected chi connectivity index (χ4v) is 5.78. The molecule has 6 heteroatoms. The number of carbonyl (C=O) groups excluding carboxylic acids is 4. The predicted octanol–water partition coefficient (Wildman–Crippen LogP) is 9.12. The van der Waals surface area contributed by atoms with Gasteiger partial charge in [-0.05, 0) is 80.1 Å². The number of hydrogen-bond acceptors (Lipinski definition) is 6. The minimum atomic E-state index is 0.0432. The minimum Gasteiger partial charge on any atom is -0.385 e. The van der Waals surface area contributed by atoms with E-state index in [9.17, 15) is 19.2 Å². The Balaban J connectivity index is 0.000000442. The second-order valence-electron chi connectivity index (χ2n) is 12.5. The van der Waals surface area contributed by atoms with E-state index in [-0.39, 0.29) is 23.1 Å². The summed E-state index contributed by atoms with van der Waals surface area (Å²) >= 11 is 0. The van der Waals surface area contributed by atoms with Crippen LogP contribution >= 0.6 is 0 Å². The summed E-state index contributed by atoms with van der Waals surface area (Å²) in [7, 11) is 3.48. The van der Waals surface area contributed by atoms with Crippen LogP contribution in [0.2, 0.25) is 0 Å². The summed E-state index contributed by atoms with van der Waals surface area (Å²) in [6.45, 7) is 12.3. The molecule has 0 aliphatic heterocycles. The lowest BCUT2D eigenvalue weighted by molar-refractivity contribution is -0.116. The summed E-state index contributed by atoms with van der Waals surface area (Å²) in [6, 6.07) is 0. The topological polar surface area (TPSA) is 86.7 Å². The molecule has 6 nitrogen and oxygen atoms in total. The number of rotatable bonds is 20. The first-order valence-corrected chi connectivity index (χ1v) is 16.9. The molecule has 0 saturated heterocycles. The SMILES string of the molecule is COCCCCCCCCC1=C(C)C(=O)C(C)=C(C)C1=O.COCCCCCCCCCCC1=C(C)C(=O)C(C)=C(C)C1=O. The molecule has 44 heavy (non-hydrogen) atoms. The van der Waals surface area contributed by atoms with Crippen molar-refractivity contribution in [1.29, 1.82) is 0 Å². The molecule has 2 rings (SSSR count). The minimum absolute atomic E-state index is 0.0432. The largest absolute Gasteiger partial charge is 0.385 e. The van der Waals surface area contributed by atoms with E-state index in [1.54, 1.807) is 55.8 Å². The molecule has 0 bridgehead atoms. The number of methoxy groups -OCH3 is 2. The number of allylic oxidation sites excluding steroid dienone is 8. The molecule has 2 aliphatic rings. The van der Waals surface area contributed by atoms with Crippen molar-refractivity contribution in [2.75, 3.05) is 27.4 Å². The van der Waals surface area contributed by atoms with Gasteiger partial charge in [0.1, 0.15) is 0 Å². The zero-order valence-corrected chi connectivity index (χ0v) is 29.2. The van der Waals surface area contributed by atoms with Crippen LogP contribution in [0.1, 0.15) is 144 Å². The fraction of sp³-hybridized carbons (Fsp3) is 0.684. The first kappa shape index (κ1) is 39.6. The van der Waals surface area contributed by atoms with Crippen molar-refractivity contribution in [2.45, 2.75) is 144 Å². The molecule has 248 valence electrons. The van der Waals surface area contributed by atoms with Crippen LogP contribution in [-0.2, 0) is 28.7 Å². The van der Waals surface area contributed by atoms with Gasteiger partial charge in [0.05, 0.1) is 0 Å². The lowest BCUT2D eigenvalue weighted by Crippen LogP contribution is -2.20. The van der Waals surface area contributed by atoms with Gasteiger partial charge in [0, 0.05) is 72.0 Å². The monoisotopic (exact) mass is 612 g/mol. The second-order valence-corrected chi connectivity index (χ2v) is 12.5. The zero-order chi connectivity index (χ0) is 33.1. The van der Waals surface area contributed by atoms with Gasteiger partial charge in [-0.1, -0.05) is 64.2 Å². The first-order valence-electron chi connectivity index (χ1n) is 16.9. The highest BCUT2D eigenvalue weighted by molar-refractivity contribution is 6.25. The smallest absolute Gasteiger partial charge is 0.185 e. The Bertz CT molecular complexity index is 1110. The molecule has 0 heterocycles. The van der Waals surface area contributed by atoms with Crippen LogP contribution in [0.5, 0.6) is 0 Å². The Kier molecular flexibility index (Phi) is 19.9. The third-order valence-electron chi connectivity index (χ3n) is 9.17. The number of carbonyl (C=O) groups is 4. The van der Waals surface area contributed by atoms with E-state index in [1.807, 2.05) is 0 Å². The van der Waals surface area contributed by atoms with E-state index < -0.39 is 0 Å². The molecule has 0 fully saturated rings. The van der Waals surface area contributed by atoms with Gasteiger partial charge in [0.25, 0.3) is 0 Å². The summed E-state index contributed by atoms with van der Waals surface area (Å²) in [5, 5.41) is 0. The summed E-state index contributed by atoms with van der Waals surface area (Å²) in [5.74, 6) is 0.247. The van der Waals surface area contributed by atoms with E-state index in [2.05, 4.69) is 0 Å². The number of unbranched alkanes of at least 4 members (excludes halogenated alkanes) is 12. The van der Waals surface area contributed by atoms with Gasteiger partial charge in [-0.2, -0.15) is 0 Å². The average Bonchev–Trinajstić information content (AvgIpc) is 3.02. The highest BCUT2D eigenvalue weighted by Gasteiger charge is 2.28. The molecule has 0 amide bonds. The average molecular weight is 613 g/mol. The Hall–Kier alpha value is -2.44. The highest BCUT2D eigenvalue weighted by atomic mass is 16.5. The maximum absolute atomic E-state index is 12.3. The van der Waals surface area contributed by atoms with Crippen molar-refractivity contribution in [2.24, 2.45) is 0 Å². The quantitative estimate of drug-likeness (QED) is 0.101. The third kappa shape index (κ3) is 12.9. The van der Waals surface area contributed by atoms with Crippen LogP contribution in [0.15, 0.2) is 44.6 Å². The number of Topliss-reactive ketones (excluding diaryl/α,β-unsaturated/α-hetero) is 4. The Morgan fingerprint density at radius 1 is 0.341 bits per heavy atom. The summed E-state index contributed by atoms with van der Waals surface area (Å²) < 4.78 is 10.1. The number of hydrogen-bond donors (Lipinski definition) is 0. The van der Waals surface area contributed by atoms with E-state index in [1.165, 1.54) is 51.4 Å². The molecular formula is C38H60O6. The molecule has 0 spiro atoms. The van der Waals surface area contributed by atoms with Crippen molar-refractivity contribution in [3.63, 3.8) is 0 Å². The van der Waals surface area contributed by atoms with Gasteiger partial charge in [0.2, 0.25) is 0 Å². The van der Waals surface area contributed by atoms with Crippen molar-refractivity contribution in [3.8, 4) is 0 Å². The standard InChI is InChI=1S/C20H32O3.C18H28O3/c1-15-16(2)20(22)18(17(3)19(15)21)13-11-9-7-5-6-8-10-12-14-23-4;1-13-14(2)18(20)16(15(3)17(13)19)11-9-7-5-6-8-10-12-21-4/h5-14H2,1-4H3;5-12H2,1-4H3. The third-order valence-corrected chi connectivity index (χ3v) is 9.17. The van der Waals surface area contributed by atoms with Crippen molar-refractivity contribution in [3.05, 3.63) is 44.6 Å². The lowest BCUT2D eigenvalue weighted by Gasteiger charge is -2.18. The molecule has 2 aliphatic carbocycles. The Morgan fingerprint density at radius 3 is 0.886 bits per heavy atom. The molecule has 0 aromatic rings. The van der Waals surface area contributed by atoms with E-state index in [0.29, 0.717) is 33.4 Å². The molecule has 0 aromatic heterocycles. The number of ether oxygens (including phenoxy) is 2. The van der Waals surface area contributed by atoms with E-state index >= 15 is 0 Å². The molecule has 0 saturated carbocycles. The Labute approximate surface area is 267 Å². The fourth-order valence-electron chi connectivity index (χ4n) is 5.78. The zero-order valence-electron chi connectivity index (χ0n) is 29.2. The Morgan fingerprint density at radius 2 is 0.591 bits per heavy atom. The molecule has 0 radical (unpaired) electrons. The molecule has 0 aromatic carbocycles. The van der Waals surface area contributed by atoms with Crippen LogP contribution in [0.25, 0.3) is 0 Å². The van der Waals surface area contributed by atoms with Crippen molar-refractivity contribution >= 4 is 23.1 Å². The normalized spacial score (nSPS) is 16.0. The number of ketones is 4. The molecule has 0 N–H and O–H groups in total. The van der Waals surface area contributed by atoms with Gasteiger partial charge in [0.15, 0.2) is 23.1 Å². The summed E-state index contributed by atoms with van der Waals surface area (Å²) in [4.78, 5) is 48.7. The maximum Gasteiger partial charge on any atom is 0.185 e.